The van der Waals surface area contributed by atoms with E-state index in [4.69, 9.17) is 4.74 Å². The van der Waals surface area contributed by atoms with Gasteiger partial charge in [0, 0.05) is 38.4 Å². The number of aromatic nitrogens is 2. The summed E-state index contributed by atoms with van der Waals surface area (Å²) in [7, 11) is 1.51. The number of carbonyl (C=O) groups is 1. The molecular formula is C17H20N4O3. The smallest absolute Gasteiger partial charge is 0.276 e. The number of aryl methyl sites for hydroxylation is 1. The van der Waals surface area contributed by atoms with Crippen LogP contribution in [0.15, 0.2) is 41.2 Å². The number of morpholine rings is 1. The number of nitrogens with zero attached hydrogens (tertiary/aromatic N) is 3. The highest BCUT2D eigenvalue weighted by atomic mass is 16.5. The zero-order valence-corrected chi connectivity index (χ0v) is 13.6. The quantitative estimate of drug-likeness (QED) is 0.901. The van der Waals surface area contributed by atoms with Crippen molar-refractivity contribution in [2.45, 2.75) is 6.54 Å². The summed E-state index contributed by atoms with van der Waals surface area (Å²) in [5.41, 5.74) is 1.84. The van der Waals surface area contributed by atoms with E-state index in [-0.39, 0.29) is 17.2 Å². The number of hydrogen-bond acceptors (Lipinski definition) is 5. The van der Waals surface area contributed by atoms with E-state index in [1.54, 1.807) is 0 Å². The monoisotopic (exact) mass is 328 g/mol. The number of ether oxygens (including phenoxy) is 1. The van der Waals surface area contributed by atoms with Gasteiger partial charge >= 0.3 is 0 Å². The molecule has 0 saturated carbocycles. The second-order valence-corrected chi connectivity index (χ2v) is 5.72. The molecule has 0 radical (unpaired) electrons. The molecule has 1 fully saturated rings. The van der Waals surface area contributed by atoms with Gasteiger partial charge < -0.3 is 10.1 Å². The highest BCUT2D eigenvalue weighted by Crippen LogP contribution is 2.13. The third-order valence-electron chi connectivity index (χ3n) is 3.91. The maximum atomic E-state index is 12.2. The van der Waals surface area contributed by atoms with E-state index in [0.29, 0.717) is 5.69 Å². The van der Waals surface area contributed by atoms with Crippen LogP contribution in [-0.2, 0) is 18.3 Å². The zero-order valence-electron chi connectivity index (χ0n) is 13.6. The molecule has 126 valence electrons. The van der Waals surface area contributed by atoms with Gasteiger partial charge in [-0.3, -0.25) is 14.5 Å². The fourth-order valence-electron chi connectivity index (χ4n) is 2.53. The van der Waals surface area contributed by atoms with Crippen molar-refractivity contribution in [3.05, 3.63) is 58.0 Å². The summed E-state index contributed by atoms with van der Waals surface area (Å²) in [5, 5.41) is 6.72. The molecule has 1 N–H and O–H groups in total. The zero-order chi connectivity index (χ0) is 16.9. The first-order chi connectivity index (χ1) is 11.6. The lowest BCUT2D eigenvalue weighted by Crippen LogP contribution is -2.35. The minimum absolute atomic E-state index is 0.203. The van der Waals surface area contributed by atoms with Crippen LogP contribution in [0, 0.1) is 0 Å². The van der Waals surface area contributed by atoms with Gasteiger partial charge in [0.15, 0.2) is 0 Å². The van der Waals surface area contributed by atoms with Gasteiger partial charge in [0.05, 0.1) is 13.2 Å². The van der Waals surface area contributed by atoms with Gasteiger partial charge in [-0.1, -0.05) is 12.1 Å². The van der Waals surface area contributed by atoms with E-state index in [1.807, 2.05) is 24.3 Å². The molecule has 0 atom stereocenters. The van der Waals surface area contributed by atoms with Crippen LogP contribution < -0.4 is 10.9 Å². The van der Waals surface area contributed by atoms with Crippen LogP contribution in [0.4, 0.5) is 5.69 Å². The van der Waals surface area contributed by atoms with Crippen LogP contribution in [0.2, 0.25) is 0 Å². The van der Waals surface area contributed by atoms with Gasteiger partial charge in [0.25, 0.3) is 11.5 Å². The van der Waals surface area contributed by atoms with Crippen molar-refractivity contribution >= 4 is 11.6 Å². The molecule has 1 aliphatic rings. The first-order valence-corrected chi connectivity index (χ1v) is 7.86. The Balaban J connectivity index is 1.61. The fourth-order valence-corrected chi connectivity index (χ4v) is 2.53. The van der Waals surface area contributed by atoms with Crippen molar-refractivity contribution in [2.24, 2.45) is 7.05 Å². The van der Waals surface area contributed by atoms with E-state index in [0.717, 1.165) is 37.5 Å². The second kappa shape index (κ2) is 7.37. The number of anilines is 1. The lowest BCUT2D eigenvalue weighted by molar-refractivity contribution is 0.0342. The molecule has 0 bridgehead atoms. The predicted octanol–water partition coefficient (Wildman–Crippen LogP) is 0.865. The number of benzene rings is 1. The summed E-state index contributed by atoms with van der Waals surface area (Å²) in [5.74, 6) is -0.341. The molecule has 7 heteroatoms. The molecule has 2 heterocycles. The highest BCUT2D eigenvalue weighted by molar-refractivity contribution is 6.02. The van der Waals surface area contributed by atoms with Crippen LogP contribution in [0.5, 0.6) is 0 Å². The lowest BCUT2D eigenvalue weighted by atomic mass is 10.2. The average molecular weight is 328 g/mol. The minimum Gasteiger partial charge on any atom is -0.379 e. The third kappa shape index (κ3) is 4.06. The number of nitrogens with one attached hydrogen (secondary N) is 1. The lowest BCUT2D eigenvalue weighted by Gasteiger charge is -2.26. The highest BCUT2D eigenvalue weighted by Gasteiger charge is 2.11. The molecule has 1 aromatic carbocycles. The van der Waals surface area contributed by atoms with Gasteiger partial charge in [-0.05, 0) is 23.8 Å². The first-order valence-electron chi connectivity index (χ1n) is 7.86. The van der Waals surface area contributed by atoms with Gasteiger partial charge in [0.1, 0.15) is 5.69 Å². The third-order valence-corrected chi connectivity index (χ3v) is 3.91. The predicted molar refractivity (Wildman–Crippen MR) is 90.0 cm³/mol. The van der Waals surface area contributed by atoms with Crippen LogP contribution >= 0.6 is 0 Å². The Hall–Kier alpha value is -2.51. The summed E-state index contributed by atoms with van der Waals surface area (Å²) in [6.45, 7) is 4.31. The maximum absolute atomic E-state index is 12.2. The standard InChI is InChI=1S/C17H20N4O3/c1-20-16(22)7-6-15(19-20)17(23)18-14-4-2-13(3-5-14)12-21-8-10-24-11-9-21/h2-7H,8-12H2,1H3,(H,18,23). The fraction of sp³-hybridized carbons (Fsp3) is 0.353. The largest absolute Gasteiger partial charge is 0.379 e. The summed E-state index contributed by atoms with van der Waals surface area (Å²) in [6, 6.07) is 10.5. The summed E-state index contributed by atoms with van der Waals surface area (Å²) >= 11 is 0. The Kier molecular flexibility index (Phi) is 5.02. The van der Waals surface area contributed by atoms with Gasteiger partial charge in [-0.25, -0.2) is 4.68 Å². The number of carbonyl (C=O) groups excluding carboxylic acids is 1. The molecule has 1 amide bonds. The molecule has 0 aliphatic carbocycles. The molecule has 1 aromatic heterocycles. The second-order valence-electron chi connectivity index (χ2n) is 5.72. The number of amides is 1. The van der Waals surface area contributed by atoms with E-state index < -0.39 is 0 Å². The van der Waals surface area contributed by atoms with Crippen molar-refractivity contribution in [1.29, 1.82) is 0 Å². The summed E-state index contributed by atoms with van der Waals surface area (Å²) in [6.07, 6.45) is 0. The van der Waals surface area contributed by atoms with E-state index in [2.05, 4.69) is 15.3 Å². The molecule has 1 saturated heterocycles. The SMILES string of the molecule is Cn1nc(C(=O)Nc2ccc(CN3CCOCC3)cc2)ccc1=O. The van der Waals surface area contributed by atoms with Gasteiger partial charge in [0.2, 0.25) is 0 Å². The molecular weight excluding hydrogens is 308 g/mol. The van der Waals surface area contributed by atoms with Crippen LogP contribution in [0.1, 0.15) is 16.1 Å². The molecule has 3 rings (SSSR count). The van der Waals surface area contributed by atoms with Crippen molar-refractivity contribution in [1.82, 2.24) is 14.7 Å². The summed E-state index contributed by atoms with van der Waals surface area (Å²) < 4.78 is 6.48. The van der Waals surface area contributed by atoms with E-state index in [1.165, 1.54) is 24.7 Å². The van der Waals surface area contributed by atoms with Crippen molar-refractivity contribution < 1.29 is 9.53 Å². The number of hydrogen-bond donors (Lipinski definition) is 1. The molecule has 24 heavy (non-hydrogen) atoms. The number of rotatable bonds is 4. The minimum atomic E-state index is -0.341. The van der Waals surface area contributed by atoms with E-state index >= 15 is 0 Å². The van der Waals surface area contributed by atoms with Crippen LogP contribution in [0.3, 0.4) is 0 Å². The Labute approximate surface area is 139 Å². The normalized spacial score (nSPS) is 15.2. The Morgan fingerprint density at radius 3 is 2.54 bits per heavy atom. The van der Waals surface area contributed by atoms with Crippen molar-refractivity contribution in [3.63, 3.8) is 0 Å². The van der Waals surface area contributed by atoms with Gasteiger partial charge in [-0.2, -0.15) is 5.10 Å². The van der Waals surface area contributed by atoms with E-state index in [9.17, 15) is 9.59 Å². The molecule has 7 nitrogen and oxygen atoms in total. The van der Waals surface area contributed by atoms with Crippen molar-refractivity contribution in [3.8, 4) is 0 Å². The molecule has 0 unspecified atom stereocenters. The summed E-state index contributed by atoms with van der Waals surface area (Å²) in [4.78, 5) is 25.8. The van der Waals surface area contributed by atoms with Crippen LogP contribution in [0.25, 0.3) is 0 Å². The van der Waals surface area contributed by atoms with Crippen molar-refractivity contribution in [2.75, 3.05) is 31.6 Å². The van der Waals surface area contributed by atoms with Gasteiger partial charge in [-0.15, -0.1) is 0 Å². The molecule has 2 aromatic rings. The Morgan fingerprint density at radius 1 is 1.17 bits per heavy atom. The average Bonchev–Trinajstić information content (AvgIpc) is 2.60. The Bertz CT molecular complexity index is 764. The van der Waals surface area contributed by atoms with Crippen LogP contribution in [-0.4, -0.2) is 46.9 Å². The topological polar surface area (TPSA) is 76.5 Å². The first kappa shape index (κ1) is 16.4. The molecule has 0 spiro atoms. The Morgan fingerprint density at radius 2 is 1.88 bits per heavy atom. The molecule has 1 aliphatic heterocycles. The maximum Gasteiger partial charge on any atom is 0.276 e.